The predicted molar refractivity (Wildman–Crippen MR) is 95.9 cm³/mol. The summed E-state index contributed by atoms with van der Waals surface area (Å²) in [6.45, 7) is 11.8. The highest BCUT2D eigenvalue weighted by Crippen LogP contribution is 3.00. The van der Waals surface area contributed by atoms with Gasteiger partial charge in [-0.25, -0.2) is 0 Å². The quantitative estimate of drug-likeness (QED) is 0.699. The first-order valence-electron chi connectivity index (χ1n) is 8.98. The van der Waals surface area contributed by atoms with Crippen molar-refractivity contribution >= 4 is 16.5 Å². The van der Waals surface area contributed by atoms with Crippen molar-refractivity contribution in [3.8, 4) is 0 Å². The molecule has 3 saturated heterocycles. The lowest BCUT2D eigenvalue weighted by molar-refractivity contribution is 0.557. The Kier molecular flexibility index (Phi) is 2.79. The van der Waals surface area contributed by atoms with Crippen LogP contribution in [0.2, 0.25) is 16.1 Å². The molecule has 3 fully saturated rings. The molecule has 3 atom stereocenters. The normalized spacial score (nSPS) is 52.7. The van der Waals surface area contributed by atoms with E-state index in [1.165, 1.54) is 25.7 Å². The SMILES string of the molecule is C/C=C1\CC=C2/C(=C\C)[Si]21N[Si]12C(CC)C1(CC)C2CC. The molecular weight excluding hydrogens is 286 g/mol. The molecule has 0 aromatic rings. The zero-order valence-electron chi connectivity index (χ0n) is 14.2. The molecule has 4 rings (SSSR count). The first kappa shape index (κ1) is 14.2. The fraction of sp³-hybridized carbons (Fsp3) is 0.667. The summed E-state index contributed by atoms with van der Waals surface area (Å²) >= 11 is 0. The fourth-order valence-corrected chi connectivity index (χ4v) is 23.8. The summed E-state index contributed by atoms with van der Waals surface area (Å²) in [5.74, 6) is 0. The van der Waals surface area contributed by atoms with Gasteiger partial charge in [-0.3, -0.25) is 0 Å². The number of allylic oxidation sites excluding steroid dienone is 6. The first-order valence-corrected chi connectivity index (χ1v) is 13.1. The predicted octanol–water partition coefficient (Wildman–Crippen LogP) is 5.06. The molecule has 1 N–H and O–H groups in total. The summed E-state index contributed by atoms with van der Waals surface area (Å²) in [5, 5.41) is 6.05. The standard InChI is InChI=1S/C18H29NSi2/c1-6-13-11-12-15-14(7-2)20(13,15)19-21-16(8-3)18(21,10-5)17(21)9-4/h6-7,12,16-17,19H,8-11H2,1-5H3/b13-6+,14-7+. The van der Waals surface area contributed by atoms with E-state index in [-0.39, 0.29) is 0 Å². The van der Waals surface area contributed by atoms with Crippen LogP contribution >= 0.6 is 0 Å². The molecule has 0 radical (unpaired) electrons. The topological polar surface area (TPSA) is 12.0 Å². The second-order valence-electron chi connectivity index (χ2n) is 7.40. The minimum Gasteiger partial charge on any atom is -0.348 e. The van der Waals surface area contributed by atoms with Crippen molar-refractivity contribution in [1.82, 2.24) is 4.65 Å². The van der Waals surface area contributed by atoms with Crippen molar-refractivity contribution in [2.45, 2.75) is 76.4 Å². The first-order chi connectivity index (χ1) is 10.1. The van der Waals surface area contributed by atoms with E-state index in [9.17, 15) is 0 Å². The lowest BCUT2D eigenvalue weighted by Crippen LogP contribution is -2.49. The molecule has 114 valence electrons. The number of rotatable bonds is 5. The van der Waals surface area contributed by atoms with Crippen LogP contribution < -0.4 is 4.65 Å². The average Bonchev–Trinajstić information content (AvgIpc) is 3.37. The van der Waals surface area contributed by atoms with Gasteiger partial charge in [-0.05, 0) is 46.8 Å². The summed E-state index contributed by atoms with van der Waals surface area (Å²) in [7, 11) is -2.67. The van der Waals surface area contributed by atoms with E-state index in [2.05, 4.69) is 57.5 Å². The van der Waals surface area contributed by atoms with Crippen molar-refractivity contribution in [2.24, 2.45) is 0 Å². The second-order valence-corrected chi connectivity index (χ2v) is 15.7. The molecule has 4 heterocycles. The summed E-state index contributed by atoms with van der Waals surface area (Å²) in [6, 6.07) is 0. The maximum Gasteiger partial charge on any atom is 0.210 e. The van der Waals surface area contributed by atoms with Crippen LogP contribution in [0.4, 0.5) is 0 Å². The Balaban J connectivity index is 1.70. The highest BCUT2D eigenvalue weighted by molar-refractivity contribution is 7.22. The van der Waals surface area contributed by atoms with Crippen LogP contribution in [0.15, 0.2) is 33.8 Å². The Bertz CT molecular complexity index is 582. The molecule has 0 bridgehead atoms. The van der Waals surface area contributed by atoms with Gasteiger partial charge in [0.1, 0.15) is 8.24 Å². The molecule has 3 unspecified atom stereocenters. The summed E-state index contributed by atoms with van der Waals surface area (Å²) in [6.07, 6.45) is 12.9. The van der Waals surface area contributed by atoms with Crippen LogP contribution in [0.25, 0.3) is 0 Å². The van der Waals surface area contributed by atoms with Crippen molar-refractivity contribution in [3.63, 3.8) is 0 Å². The van der Waals surface area contributed by atoms with E-state index in [1.807, 2.05) is 0 Å². The minimum atomic E-state index is -1.49. The summed E-state index contributed by atoms with van der Waals surface area (Å²) in [5.41, 5.74) is 2.17. The Morgan fingerprint density at radius 3 is 2.29 bits per heavy atom. The van der Waals surface area contributed by atoms with E-state index in [1.54, 1.807) is 15.6 Å². The van der Waals surface area contributed by atoms with E-state index < -0.39 is 16.5 Å². The van der Waals surface area contributed by atoms with E-state index >= 15 is 0 Å². The monoisotopic (exact) mass is 315 g/mol. The van der Waals surface area contributed by atoms with Gasteiger partial charge >= 0.3 is 0 Å². The van der Waals surface area contributed by atoms with Gasteiger partial charge in [0, 0.05) is 0 Å². The molecule has 0 aromatic heterocycles. The Morgan fingerprint density at radius 1 is 1.19 bits per heavy atom. The maximum atomic E-state index is 4.52. The van der Waals surface area contributed by atoms with Crippen molar-refractivity contribution in [2.75, 3.05) is 0 Å². The zero-order valence-corrected chi connectivity index (χ0v) is 16.2. The van der Waals surface area contributed by atoms with E-state index in [4.69, 9.17) is 0 Å². The highest BCUT2D eigenvalue weighted by Gasteiger charge is 2.98. The molecular formula is C18H29NSi2. The van der Waals surface area contributed by atoms with E-state index in [0.29, 0.717) is 0 Å². The van der Waals surface area contributed by atoms with Crippen molar-refractivity contribution < 1.29 is 0 Å². The average molecular weight is 316 g/mol. The summed E-state index contributed by atoms with van der Waals surface area (Å²) < 4.78 is 4.52. The number of fused-ring (bicyclic) bond motifs is 2. The van der Waals surface area contributed by atoms with Gasteiger partial charge in [0.2, 0.25) is 8.24 Å². The van der Waals surface area contributed by atoms with Crippen LogP contribution in [0.3, 0.4) is 0 Å². The van der Waals surface area contributed by atoms with Gasteiger partial charge in [-0.15, -0.1) is 0 Å². The fourth-order valence-electron chi connectivity index (χ4n) is 6.70. The number of hydrogen-bond donors (Lipinski definition) is 1. The van der Waals surface area contributed by atoms with E-state index in [0.717, 1.165) is 16.1 Å². The molecule has 4 aliphatic heterocycles. The van der Waals surface area contributed by atoms with Gasteiger partial charge in [-0.2, -0.15) is 0 Å². The van der Waals surface area contributed by atoms with Gasteiger partial charge in [0.05, 0.1) is 0 Å². The van der Waals surface area contributed by atoms with Crippen molar-refractivity contribution in [3.05, 3.63) is 33.8 Å². The Labute approximate surface area is 131 Å². The molecule has 3 heteroatoms. The molecule has 4 aliphatic rings. The zero-order chi connectivity index (χ0) is 15.0. The highest BCUT2D eigenvalue weighted by atomic mass is 28.4. The van der Waals surface area contributed by atoms with Crippen LogP contribution in [0.5, 0.6) is 0 Å². The van der Waals surface area contributed by atoms with Crippen LogP contribution in [-0.2, 0) is 0 Å². The number of nitrogens with one attached hydrogen (secondary N) is 1. The maximum absolute atomic E-state index is 4.52. The van der Waals surface area contributed by atoms with Gasteiger partial charge in [-0.1, -0.05) is 63.5 Å². The number of hydrogen-bond acceptors (Lipinski definition) is 1. The van der Waals surface area contributed by atoms with Gasteiger partial charge < -0.3 is 4.65 Å². The molecule has 0 aromatic carbocycles. The second kappa shape index (κ2) is 4.12. The molecule has 0 spiro atoms. The Hall–Kier alpha value is -0.386. The largest absolute Gasteiger partial charge is 0.348 e. The third-order valence-corrected chi connectivity index (χ3v) is 20.4. The molecule has 21 heavy (non-hydrogen) atoms. The van der Waals surface area contributed by atoms with Crippen LogP contribution in [-0.4, -0.2) is 16.5 Å². The molecule has 0 saturated carbocycles. The Morgan fingerprint density at radius 2 is 1.86 bits per heavy atom. The smallest absolute Gasteiger partial charge is 0.210 e. The van der Waals surface area contributed by atoms with Crippen LogP contribution in [0, 0.1) is 0 Å². The minimum absolute atomic E-state index is 0.798. The van der Waals surface area contributed by atoms with Gasteiger partial charge in [0.15, 0.2) is 0 Å². The molecule has 0 aliphatic carbocycles. The third kappa shape index (κ3) is 1.22. The lowest BCUT2D eigenvalue weighted by atomic mass is 9.96. The molecule has 1 nitrogen and oxygen atoms in total. The van der Waals surface area contributed by atoms with Gasteiger partial charge in [0.25, 0.3) is 0 Å². The third-order valence-electron chi connectivity index (χ3n) is 7.42. The molecule has 0 amide bonds. The lowest BCUT2D eigenvalue weighted by Gasteiger charge is -2.24. The summed E-state index contributed by atoms with van der Waals surface area (Å²) in [4.78, 5) is 0. The van der Waals surface area contributed by atoms with Crippen molar-refractivity contribution in [1.29, 1.82) is 0 Å². The van der Waals surface area contributed by atoms with Crippen LogP contribution in [0.1, 0.15) is 60.3 Å².